The van der Waals surface area contributed by atoms with Crippen LogP contribution >= 0.6 is 0 Å². The molecule has 150 valence electrons. The van der Waals surface area contributed by atoms with Crippen LogP contribution in [0.4, 0.5) is 0 Å². The van der Waals surface area contributed by atoms with Crippen LogP contribution in [0.3, 0.4) is 0 Å². The van der Waals surface area contributed by atoms with Gasteiger partial charge in [0.1, 0.15) is 5.76 Å². The van der Waals surface area contributed by atoms with E-state index in [0.717, 1.165) is 31.7 Å². The lowest BCUT2D eigenvalue weighted by Gasteiger charge is -2.27. The van der Waals surface area contributed by atoms with E-state index < -0.39 is 0 Å². The van der Waals surface area contributed by atoms with Crippen molar-refractivity contribution in [3.05, 3.63) is 65.1 Å². The Hall–Kier alpha value is -2.75. The fraction of sp³-hybridized carbons (Fsp3) is 0.391. The zero-order valence-corrected chi connectivity index (χ0v) is 17.2. The number of benzene rings is 1. The molecule has 0 N–H and O–H groups in total. The molecular weight excluding hydrogens is 354 g/mol. The summed E-state index contributed by atoms with van der Waals surface area (Å²) in [6.45, 7) is 3.97. The first kappa shape index (κ1) is 21.5. The lowest BCUT2D eigenvalue weighted by Crippen LogP contribution is -2.35. The fourth-order valence-electron chi connectivity index (χ4n) is 3.10. The predicted octanol–water partition coefficient (Wildman–Crippen LogP) is 4.17. The van der Waals surface area contributed by atoms with Gasteiger partial charge >= 0.3 is 0 Å². The number of hydrogen-bond donors (Lipinski definition) is 0. The molecule has 0 aliphatic carbocycles. The van der Waals surface area contributed by atoms with Crippen molar-refractivity contribution in [2.45, 2.75) is 19.8 Å². The van der Waals surface area contributed by atoms with Crippen LogP contribution in [0.15, 0.2) is 59.6 Å². The molecule has 0 bridgehead atoms. The number of carbonyl (C=O) groups excluding carboxylic acids is 1. The first-order valence-corrected chi connectivity index (χ1v) is 9.40. The topological polar surface area (TPSA) is 48.0 Å². The highest BCUT2D eigenvalue weighted by molar-refractivity contribution is 5.98. The van der Waals surface area contributed by atoms with Gasteiger partial charge in [-0.2, -0.15) is 0 Å². The lowest BCUT2D eigenvalue weighted by molar-refractivity contribution is 0.0929. The maximum absolute atomic E-state index is 12.7. The van der Waals surface area contributed by atoms with Crippen LogP contribution in [-0.4, -0.2) is 51.6 Å². The lowest BCUT2D eigenvalue weighted by atomic mass is 10.0. The maximum Gasteiger partial charge on any atom is 0.176 e. The molecule has 0 spiro atoms. The molecule has 1 aliphatic heterocycles. The second-order valence-electron chi connectivity index (χ2n) is 6.49. The summed E-state index contributed by atoms with van der Waals surface area (Å²) in [4.78, 5) is 14.9. The number of rotatable bonds is 8. The molecule has 2 rings (SSSR count). The van der Waals surface area contributed by atoms with E-state index in [-0.39, 0.29) is 5.78 Å². The van der Waals surface area contributed by atoms with Crippen molar-refractivity contribution in [2.24, 2.45) is 0 Å². The number of allylic oxidation sites excluding steroid dienone is 3. The molecule has 0 saturated carbocycles. The quantitative estimate of drug-likeness (QED) is 0.292. The van der Waals surface area contributed by atoms with Crippen molar-refractivity contribution < 1.29 is 19.0 Å². The molecule has 5 heteroatoms. The molecule has 0 unspecified atom stereocenters. The van der Waals surface area contributed by atoms with Crippen molar-refractivity contribution in [2.75, 3.05) is 41.0 Å². The Bertz CT molecular complexity index is 801. The Morgan fingerprint density at radius 1 is 1.21 bits per heavy atom. The molecule has 1 heterocycles. The Kier molecular flexibility index (Phi) is 8.60. The molecule has 0 aromatic heterocycles. The third kappa shape index (κ3) is 6.15. The predicted molar refractivity (Wildman–Crippen MR) is 111 cm³/mol. The zero-order chi connectivity index (χ0) is 20.4. The number of carbonyl (C=O) groups is 1. The minimum atomic E-state index is 0.0702. The summed E-state index contributed by atoms with van der Waals surface area (Å²) in [6.07, 6.45) is 9.62. The molecule has 1 aromatic rings. The van der Waals surface area contributed by atoms with Gasteiger partial charge in [0.05, 0.1) is 27.9 Å². The molecular formula is C23H29NO4. The van der Waals surface area contributed by atoms with E-state index in [1.807, 2.05) is 31.2 Å². The number of piperidine rings is 1. The SMILES string of the molecule is C/C=C\C(=C/C=C=C1CCCN(CC(=O)c2ccc(OC)c(OC)c2)C1)OC. The van der Waals surface area contributed by atoms with Crippen LogP contribution in [0.5, 0.6) is 11.5 Å². The van der Waals surface area contributed by atoms with Gasteiger partial charge in [0.2, 0.25) is 0 Å². The number of nitrogens with zero attached hydrogens (tertiary/aromatic N) is 1. The molecule has 28 heavy (non-hydrogen) atoms. The molecule has 1 saturated heterocycles. The van der Waals surface area contributed by atoms with Gasteiger partial charge in [0, 0.05) is 12.1 Å². The number of ketones is 1. The molecule has 1 aromatic carbocycles. The van der Waals surface area contributed by atoms with Gasteiger partial charge in [-0.1, -0.05) is 6.08 Å². The number of ether oxygens (including phenoxy) is 3. The van der Waals surface area contributed by atoms with Crippen LogP contribution in [-0.2, 0) is 4.74 Å². The van der Waals surface area contributed by atoms with E-state index in [2.05, 4.69) is 10.6 Å². The molecule has 0 radical (unpaired) electrons. The van der Waals surface area contributed by atoms with Crippen molar-refractivity contribution in [1.82, 2.24) is 4.90 Å². The largest absolute Gasteiger partial charge is 0.497 e. The van der Waals surface area contributed by atoms with E-state index in [9.17, 15) is 4.79 Å². The summed E-state index contributed by atoms with van der Waals surface area (Å²) in [5.41, 5.74) is 5.15. The van der Waals surface area contributed by atoms with Gasteiger partial charge in [-0.3, -0.25) is 9.69 Å². The highest BCUT2D eigenvalue weighted by Gasteiger charge is 2.18. The summed E-state index contributed by atoms with van der Waals surface area (Å²) in [7, 11) is 4.80. The normalized spacial score (nSPS) is 15.3. The summed E-state index contributed by atoms with van der Waals surface area (Å²) in [6, 6.07) is 5.28. The Morgan fingerprint density at radius 3 is 2.68 bits per heavy atom. The number of hydrogen-bond acceptors (Lipinski definition) is 5. The van der Waals surface area contributed by atoms with Crippen LogP contribution in [0, 0.1) is 0 Å². The van der Waals surface area contributed by atoms with Gasteiger partial charge in [-0.05, 0) is 68.3 Å². The molecule has 0 amide bonds. The van der Waals surface area contributed by atoms with Gasteiger partial charge in [-0.15, -0.1) is 5.73 Å². The molecule has 1 fully saturated rings. The Labute approximate surface area is 167 Å². The van der Waals surface area contributed by atoms with E-state index in [1.165, 1.54) is 5.57 Å². The summed E-state index contributed by atoms with van der Waals surface area (Å²) >= 11 is 0. The fourth-order valence-corrected chi connectivity index (χ4v) is 3.10. The van der Waals surface area contributed by atoms with Crippen LogP contribution < -0.4 is 9.47 Å². The minimum Gasteiger partial charge on any atom is -0.497 e. The van der Waals surface area contributed by atoms with Crippen molar-refractivity contribution in [3.8, 4) is 11.5 Å². The van der Waals surface area contributed by atoms with Gasteiger partial charge in [0.15, 0.2) is 17.3 Å². The van der Waals surface area contributed by atoms with Gasteiger partial charge in [0.25, 0.3) is 0 Å². The Balaban J connectivity index is 2.05. The van der Waals surface area contributed by atoms with E-state index in [0.29, 0.717) is 23.6 Å². The second kappa shape index (κ2) is 11.2. The van der Waals surface area contributed by atoms with Crippen molar-refractivity contribution in [1.29, 1.82) is 0 Å². The van der Waals surface area contributed by atoms with Crippen molar-refractivity contribution in [3.63, 3.8) is 0 Å². The number of methoxy groups -OCH3 is 3. The molecule has 5 nitrogen and oxygen atoms in total. The smallest absolute Gasteiger partial charge is 0.176 e. The third-order valence-corrected chi connectivity index (χ3v) is 4.54. The average molecular weight is 383 g/mol. The number of likely N-dealkylation sites (tertiary alicyclic amines) is 1. The van der Waals surface area contributed by atoms with Crippen LogP contribution in [0.25, 0.3) is 0 Å². The van der Waals surface area contributed by atoms with Gasteiger partial charge < -0.3 is 14.2 Å². The van der Waals surface area contributed by atoms with Gasteiger partial charge in [-0.25, -0.2) is 0 Å². The monoisotopic (exact) mass is 383 g/mol. The third-order valence-electron chi connectivity index (χ3n) is 4.54. The first-order chi connectivity index (χ1) is 13.6. The van der Waals surface area contributed by atoms with E-state index in [4.69, 9.17) is 14.2 Å². The van der Waals surface area contributed by atoms with Crippen molar-refractivity contribution >= 4 is 5.78 Å². The van der Waals surface area contributed by atoms with Crippen LogP contribution in [0.1, 0.15) is 30.1 Å². The first-order valence-electron chi connectivity index (χ1n) is 9.40. The zero-order valence-electron chi connectivity index (χ0n) is 17.2. The summed E-state index contributed by atoms with van der Waals surface area (Å²) in [5, 5.41) is 0. The standard InChI is InChI=1S/C23H29NO4/c1-5-8-20(26-2)11-6-9-18-10-7-14-24(16-18)17-21(25)19-12-13-22(27-3)23(15-19)28-4/h5-6,8,11-13,15H,7,10,14,16-17H2,1-4H3/b8-5-,20-11+. The van der Waals surface area contributed by atoms with E-state index >= 15 is 0 Å². The second-order valence-corrected chi connectivity index (χ2v) is 6.49. The van der Waals surface area contributed by atoms with Crippen LogP contribution in [0.2, 0.25) is 0 Å². The minimum absolute atomic E-state index is 0.0702. The average Bonchev–Trinajstić information content (AvgIpc) is 2.72. The Morgan fingerprint density at radius 2 is 2.00 bits per heavy atom. The summed E-state index contributed by atoms with van der Waals surface area (Å²) in [5.74, 6) is 2.04. The summed E-state index contributed by atoms with van der Waals surface area (Å²) < 4.78 is 15.8. The molecule has 0 atom stereocenters. The van der Waals surface area contributed by atoms with E-state index in [1.54, 1.807) is 39.5 Å². The number of Topliss-reactive ketones (excluding diaryl/α,β-unsaturated/α-hetero) is 1. The highest BCUT2D eigenvalue weighted by Crippen LogP contribution is 2.28. The maximum atomic E-state index is 12.7. The highest BCUT2D eigenvalue weighted by atomic mass is 16.5. The molecule has 1 aliphatic rings.